The zero-order chi connectivity index (χ0) is 13.0. The lowest BCUT2D eigenvalue weighted by Gasteiger charge is -2.11. The highest BCUT2D eigenvalue weighted by Gasteiger charge is 2.21. The number of amides is 1. The molecule has 98 valence electrons. The lowest BCUT2D eigenvalue weighted by Crippen LogP contribution is -2.28. The van der Waals surface area contributed by atoms with E-state index >= 15 is 0 Å². The molecule has 2 nitrogen and oxygen atoms in total. The molecule has 0 spiro atoms. The molecule has 0 aromatic heterocycles. The fourth-order valence-electron chi connectivity index (χ4n) is 2.65. The molecule has 2 rings (SSSR count). The van der Waals surface area contributed by atoms with Crippen LogP contribution in [-0.2, 0) is 5.88 Å². The van der Waals surface area contributed by atoms with Crippen LogP contribution in [0.1, 0.15) is 42.1 Å². The summed E-state index contributed by atoms with van der Waals surface area (Å²) in [5.41, 5.74) is 1.69. The first-order valence-corrected chi connectivity index (χ1v) is 7.15. The van der Waals surface area contributed by atoms with E-state index in [-0.39, 0.29) is 5.91 Å². The molecule has 1 aliphatic carbocycles. The Morgan fingerprint density at radius 2 is 2.28 bits per heavy atom. The Morgan fingerprint density at radius 1 is 1.44 bits per heavy atom. The molecule has 1 fully saturated rings. The van der Waals surface area contributed by atoms with Crippen molar-refractivity contribution in [2.24, 2.45) is 11.8 Å². The van der Waals surface area contributed by atoms with Crippen molar-refractivity contribution in [3.63, 3.8) is 0 Å². The van der Waals surface area contributed by atoms with Gasteiger partial charge in [0.1, 0.15) is 0 Å². The van der Waals surface area contributed by atoms with Crippen LogP contribution in [0.2, 0.25) is 0 Å². The van der Waals surface area contributed by atoms with Crippen molar-refractivity contribution in [1.29, 1.82) is 0 Å². The quantitative estimate of drug-likeness (QED) is 0.829. The molecule has 1 N–H and O–H groups in total. The third kappa shape index (κ3) is 3.49. The highest BCUT2D eigenvalue weighted by molar-refractivity contribution is 6.17. The zero-order valence-electron chi connectivity index (χ0n) is 10.8. The Morgan fingerprint density at radius 3 is 2.94 bits per heavy atom. The Hall–Kier alpha value is -1.02. The molecule has 18 heavy (non-hydrogen) atoms. The summed E-state index contributed by atoms with van der Waals surface area (Å²) in [7, 11) is 0. The predicted molar refractivity (Wildman–Crippen MR) is 74.8 cm³/mol. The summed E-state index contributed by atoms with van der Waals surface area (Å²) in [6.45, 7) is 3.08. The molecule has 1 amide bonds. The number of halogens is 1. The topological polar surface area (TPSA) is 29.1 Å². The molecule has 1 aromatic rings. The van der Waals surface area contributed by atoms with Gasteiger partial charge in [0.25, 0.3) is 5.91 Å². The second-order valence-electron chi connectivity index (χ2n) is 5.33. The smallest absolute Gasteiger partial charge is 0.251 e. The predicted octanol–water partition coefficient (Wildman–Crippen LogP) is 3.59. The normalized spacial score (nSPS) is 23.0. The molecule has 1 aromatic carbocycles. The Balaban J connectivity index is 1.87. The average molecular weight is 266 g/mol. The highest BCUT2D eigenvalue weighted by Crippen LogP contribution is 2.29. The maximum Gasteiger partial charge on any atom is 0.251 e. The van der Waals surface area contributed by atoms with E-state index in [9.17, 15) is 4.79 Å². The van der Waals surface area contributed by atoms with Gasteiger partial charge in [-0.3, -0.25) is 4.79 Å². The van der Waals surface area contributed by atoms with Gasteiger partial charge in [0.05, 0.1) is 0 Å². The standard InChI is InChI=1S/C15H20ClNO/c1-11-5-6-13(7-11)10-17-15(18)14-4-2-3-12(8-14)9-16/h2-4,8,11,13H,5-7,9-10H2,1H3,(H,17,18). The van der Waals surface area contributed by atoms with Crippen molar-refractivity contribution in [2.75, 3.05) is 6.54 Å². The molecule has 0 saturated heterocycles. The van der Waals surface area contributed by atoms with Gasteiger partial charge >= 0.3 is 0 Å². The summed E-state index contributed by atoms with van der Waals surface area (Å²) in [5.74, 6) is 1.93. The van der Waals surface area contributed by atoms with Gasteiger partial charge in [-0.05, 0) is 42.4 Å². The molecule has 2 unspecified atom stereocenters. The van der Waals surface area contributed by atoms with Crippen LogP contribution in [-0.4, -0.2) is 12.5 Å². The Kier molecular flexibility index (Phi) is 4.65. The third-order valence-electron chi connectivity index (χ3n) is 3.70. The lowest BCUT2D eigenvalue weighted by atomic mass is 10.1. The largest absolute Gasteiger partial charge is 0.352 e. The number of rotatable bonds is 4. The fraction of sp³-hybridized carbons (Fsp3) is 0.533. The molecule has 1 saturated carbocycles. The van der Waals surface area contributed by atoms with E-state index in [1.54, 1.807) is 0 Å². The molecule has 0 aliphatic heterocycles. The van der Waals surface area contributed by atoms with Crippen LogP contribution in [0, 0.1) is 11.8 Å². The molecule has 0 heterocycles. The maximum atomic E-state index is 12.0. The van der Waals surface area contributed by atoms with Gasteiger partial charge in [0.15, 0.2) is 0 Å². The highest BCUT2D eigenvalue weighted by atomic mass is 35.5. The maximum absolute atomic E-state index is 12.0. The summed E-state index contributed by atoms with van der Waals surface area (Å²) < 4.78 is 0. The van der Waals surface area contributed by atoms with Crippen molar-refractivity contribution < 1.29 is 4.79 Å². The third-order valence-corrected chi connectivity index (χ3v) is 4.01. The van der Waals surface area contributed by atoms with E-state index in [2.05, 4.69) is 12.2 Å². The van der Waals surface area contributed by atoms with E-state index in [1.165, 1.54) is 19.3 Å². The number of alkyl halides is 1. The van der Waals surface area contributed by atoms with Crippen molar-refractivity contribution in [1.82, 2.24) is 5.32 Å². The van der Waals surface area contributed by atoms with Gasteiger partial charge in [-0.1, -0.05) is 25.5 Å². The summed E-state index contributed by atoms with van der Waals surface area (Å²) in [6.07, 6.45) is 3.77. The van der Waals surface area contributed by atoms with Crippen molar-refractivity contribution >= 4 is 17.5 Å². The summed E-state index contributed by atoms with van der Waals surface area (Å²) in [6, 6.07) is 7.51. The van der Waals surface area contributed by atoms with Crippen LogP contribution in [0.5, 0.6) is 0 Å². The zero-order valence-corrected chi connectivity index (χ0v) is 11.5. The Bertz CT molecular complexity index is 419. The molecule has 1 aliphatic rings. The summed E-state index contributed by atoms with van der Waals surface area (Å²) >= 11 is 5.77. The van der Waals surface area contributed by atoms with E-state index in [0.29, 0.717) is 17.4 Å². The van der Waals surface area contributed by atoms with Crippen LogP contribution in [0.15, 0.2) is 24.3 Å². The first kappa shape index (κ1) is 13.4. The van der Waals surface area contributed by atoms with Crippen LogP contribution in [0.4, 0.5) is 0 Å². The van der Waals surface area contributed by atoms with Crippen molar-refractivity contribution in [3.8, 4) is 0 Å². The number of carbonyl (C=O) groups is 1. The van der Waals surface area contributed by atoms with Gasteiger partial charge in [-0.2, -0.15) is 0 Å². The molecule has 3 heteroatoms. The minimum Gasteiger partial charge on any atom is -0.352 e. The van der Waals surface area contributed by atoms with Gasteiger partial charge in [0, 0.05) is 18.0 Å². The first-order valence-electron chi connectivity index (χ1n) is 6.62. The molecule has 0 radical (unpaired) electrons. The van der Waals surface area contributed by atoms with Gasteiger partial charge in [-0.15, -0.1) is 11.6 Å². The second kappa shape index (κ2) is 6.24. The van der Waals surface area contributed by atoms with E-state index in [1.807, 2.05) is 24.3 Å². The van der Waals surface area contributed by atoms with Crippen molar-refractivity contribution in [2.45, 2.75) is 32.1 Å². The second-order valence-corrected chi connectivity index (χ2v) is 5.60. The SMILES string of the molecule is CC1CCC(CNC(=O)c2cccc(CCl)c2)C1. The number of hydrogen-bond donors (Lipinski definition) is 1. The van der Waals surface area contributed by atoms with E-state index in [0.717, 1.165) is 18.0 Å². The van der Waals surface area contributed by atoms with Crippen LogP contribution >= 0.6 is 11.6 Å². The number of nitrogens with one attached hydrogen (secondary N) is 1. The summed E-state index contributed by atoms with van der Waals surface area (Å²) in [4.78, 5) is 12.0. The number of carbonyl (C=O) groups excluding carboxylic acids is 1. The van der Waals surface area contributed by atoms with Gasteiger partial charge in [0.2, 0.25) is 0 Å². The number of hydrogen-bond acceptors (Lipinski definition) is 1. The molecule has 0 bridgehead atoms. The van der Waals surface area contributed by atoms with Gasteiger partial charge < -0.3 is 5.32 Å². The minimum absolute atomic E-state index is 0.0153. The van der Waals surface area contributed by atoms with Crippen LogP contribution in [0.25, 0.3) is 0 Å². The summed E-state index contributed by atoms with van der Waals surface area (Å²) in [5, 5.41) is 3.03. The van der Waals surface area contributed by atoms with Crippen LogP contribution in [0.3, 0.4) is 0 Å². The average Bonchev–Trinajstić information content (AvgIpc) is 2.82. The van der Waals surface area contributed by atoms with Crippen molar-refractivity contribution in [3.05, 3.63) is 35.4 Å². The van der Waals surface area contributed by atoms with E-state index in [4.69, 9.17) is 11.6 Å². The Labute approximate surface area is 114 Å². The fourth-order valence-corrected chi connectivity index (χ4v) is 2.81. The minimum atomic E-state index is 0.0153. The monoisotopic (exact) mass is 265 g/mol. The molecular formula is C15H20ClNO. The van der Waals surface area contributed by atoms with E-state index < -0.39 is 0 Å². The first-order chi connectivity index (χ1) is 8.69. The van der Waals surface area contributed by atoms with Gasteiger partial charge in [-0.25, -0.2) is 0 Å². The number of benzene rings is 1. The molecular weight excluding hydrogens is 246 g/mol. The van der Waals surface area contributed by atoms with Crippen LogP contribution < -0.4 is 5.32 Å². The lowest BCUT2D eigenvalue weighted by molar-refractivity contribution is 0.0947. The molecule has 2 atom stereocenters.